The van der Waals surface area contributed by atoms with Crippen molar-refractivity contribution >= 4 is 17.7 Å². The molecule has 0 radical (unpaired) electrons. The molecule has 5 nitrogen and oxygen atoms in total. The van der Waals surface area contributed by atoms with Crippen LogP contribution >= 0.6 is 0 Å². The first-order valence-corrected chi connectivity index (χ1v) is 7.79. The summed E-state index contributed by atoms with van der Waals surface area (Å²) in [5.74, 6) is -0.109. The molecule has 1 fully saturated rings. The fourth-order valence-corrected chi connectivity index (χ4v) is 2.73. The SMILES string of the molecule is CCOC(=O)N1CCCC(C(=O)N(C)c2ccc(C)cc2)C1. The van der Waals surface area contributed by atoms with Gasteiger partial charge in [0.15, 0.2) is 0 Å². The first kappa shape index (κ1) is 16.3. The van der Waals surface area contributed by atoms with Gasteiger partial charge in [-0.05, 0) is 38.8 Å². The van der Waals surface area contributed by atoms with Gasteiger partial charge in [-0.1, -0.05) is 17.7 Å². The summed E-state index contributed by atoms with van der Waals surface area (Å²) < 4.78 is 5.03. The van der Waals surface area contributed by atoms with Crippen LogP contribution < -0.4 is 4.90 Å². The fourth-order valence-electron chi connectivity index (χ4n) is 2.73. The van der Waals surface area contributed by atoms with Gasteiger partial charge in [0, 0.05) is 25.8 Å². The summed E-state index contributed by atoms with van der Waals surface area (Å²) in [6.45, 7) is 5.27. The van der Waals surface area contributed by atoms with E-state index in [1.54, 1.807) is 23.8 Å². The maximum absolute atomic E-state index is 12.7. The van der Waals surface area contributed by atoms with E-state index < -0.39 is 0 Å². The number of aryl methyl sites for hydroxylation is 1. The summed E-state index contributed by atoms with van der Waals surface area (Å²) in [5, 5.41) is 0. The van der Waals surface area contributed by atoms with Crippen molar-refractivity contribution in [3.8, 4) is 0 Å². The van der Waals surface area contributed by atoms with Gasteiger partial charge >= 0.3 is 6.09 Å². The van der Waals surface area contributed by atoms with Gasteiger partial charge in [-0.15, -0.1) is 0 Å². The van der Waals surface area contributed by atoms with Gasteiger partial charge in [0.05, 0.1) is 12.5 Å². The molecule has 0 saturated carbocycles. The number of rotatable bonds is 3. The second-order valence-corrected chi connectivity index (χ2v) is 5.72. The predicted octanol–water partition coefficient (Wildman–Crippen LogP) is 2.83. The monoisotopic (exact) mass is 304 g/mol. The molecule has 0 aromatic heterocycles. The Labute approximate surface area is 131 Å². The molecule has 1 atom stereocenters. The largest absolute Gasteiger partial charge is 0.450 e. The number of amides is 2. The maximum Gasteiger partial charge on any atom is 0.409 e. The third kappa shape index (κ3) is 3.78. The first-order valence-electron chi connectivity index (χ1n) is 7.79. The molecular weight excluding hydrogens is 280 g/mol. The van der Waals surface area contributed by atoms with Crippen molar-refractivity contribution < 1.29 is 14.3 Å². The molecule has 1 unspecified atom stereocenters. The Morgan fingerprint density at radius 2 is 2.00 bits per heavy atom. The third-order valence-electron chi connectivity index (χ3n) is 4.05. The van der Waals surface area contributed by atoms with Crippen LogP contribution in [0.5, 0.6) is 0 Å². The topological polar surface area (TPSA) is 49.9 Å². The van der Waals surface area contributed by atoms with Crippen LogP contribution in [0, 0.1) is 12.8 Å². The molecule has 0 spiro atoms. The van der Waals surface area contributed by atoms with Crippen LogP contribution in [0.1, 0.15) is 25.3 Å². The Balaban J connectivity index is 2.02. The number of hydrogen-bond donors (Lipinski definition) is 0. The van der Waals surface area contributed by atoms with Gasteiger partial charge in [0.1, 0.15) is 0 Å². The molecular formula is C17H24N2O3. The highest BCUT2D eigenvalue weighted by Crippen LogP contribution is 2.22. The van der Waals surface area contributed by atoms with Crippen molar-refractivity contribution in [1.82, 2.24) is 4.90 Å². The highest BCUT2D eigenvalue weighted by molar-refractivity contribution is 5.95. The Morgan fingerprint density at radius 1 is 1.32 bits per heavy atom. The van der Waals surface area contributed by atoms with Crippen LogP contribution in [0.25, 0.3) is 0 Å². The zero-order valence-corrected chi connectivity index (χ0v) is 13.5. The summed E-state index contributed by atoms with van der Waals surface area (Å²) >= 11 is 0. The molecule has 2 amide bonds. The molecule has 1 aromatic rings. The van der Waals surface area contributed by atoms with Gasteiger partial charge in [0.25, 0.3) is 0 Å². The van der Waals surface area contributed by atoms with Crippen LogP contribution in [0.2, 0.25) is 0 Å². The number of carbonyl (C=O) groups is 2. The molecule has 22 heavy (non-hydrogen) atoms. The van der Waals surface area contributed by atoms with Crippen LogP contribution in [0.4, 0.5) is 10.5 Å². The lowest BCUT2D eigenvalue weighted by Gasteiger charge is -2.33. The van der Waals surface area contributed by atoms with E-state index in [9.17, 15) is 9.59 Å². The van der Waals surface area contributed by atoms with E-state index in [0.29, 0.717) is 19.7 Å². The number of benzene rings is 1. The molecule has 1 aromatic carbocycles. The maximum atomic E-state index is 12.7. The van der Waals surface area contributed by atoms with Gasteiger partial charge in [-0.2, -0.15) is 0 Å². The predicted molar refractivity (Wildman–Crippen MR) is 85.9 cm³/mol. The average Bonchev–Trinajstić information content (AvgIpc) is 2.54. The quantitative estimate of drug-likeness (QED) is 0.863. The van der Waals surface area contributed by atoms with Crippen molar-refractivity contribution in [3.63, 3.8) is 0 Å². The number of carbonyl (C=O) groups excluding carboxylic acids is 2. The molecule has 0 bridgehead atoms. The second-order valence-electron chi connectivity index (χ2n) is 5.72. The zero-order chi connectivity index (χ0) is 16.1. The summed E-state index contributed by atoms with van der Waals surface area (Å²) in [6.07, 6.45) is 1.32. The number of piperidine rings is 1. The standard InChI is InChI=1S/C17H24N2O3/c1-4-22-17(21)19-11-5-6-14(12-19)16(20)18(3)15-9-7-13(2)8-10-15/h7-10,14H,4-6,11-12H2,1-3H3. The molecule has 2 rings (SSSR count). The van der Waals surface area contributed by atoms with Crippen LogP contribution in [0.3, 0.4) is 0 Å². The molecule has 1 aliphatic rings. The van der Waals surface area contributed by atoms with Gasteiger partial charge in [-0.3, -0.25) is 4.79 Å². The minimum absolute atomic E-state index is 0.0536. The summed E-state index contributed by atoms with van der Waals surface area (Å²) in [7, 11) is 1.79. The zero-order valence-electron chi connectivity index (χ0n) is 13.5. The van der Waals surface area contributed by atoms with Crippen molar-refractivity contribution in [3.05, 3.63) is 29.8 Å². The van der Waals surface area contributed by atoms with Crippen molar-refractivity contribution in [2.75, 3.05) is 31.6 Å². The average molecular weight is 304 g/mol. The van der Waals surface area contributed by atoms with E-state index in [1.165, 1.54) is 0 Å². The van der Waals surface area contributed by atoms with Crippen LogP contribution in [-0.2, 0) is 9.53 Å². The summed E-state index contributed by atoms with van der Waals surface area (Å²) in [5.41, 5.74) is 2.04. The minimum atomic E-state index is -0.321. The van der Waals surface area contributed by atoms with Crippen molar-refractivity contribution in [2.45, 2.75) is 26.7 Å². The number of hydrogen-bond acceptors (Lipinski definition) is 3. The Morgan fingerprint density at radius 3 is 2.64 bits per heavy atom. The van der Waals surface area contributed by atoms with Crippen LogP contribution in [0.15, 0.2) is 24.3 Å². The highest BCUT2D eigenvalue weighted by atomic mass is 16.6. The van der Waals surface area contributed by atoms with Gasteiger partial charge < -0.3 is 14.5 Å². The first-order chi connectivity index (χ1) is 10.5. The third-order valence-corrected chi connectivity index (χ3v) is 4.05. The number of likely N-dealkylation sites (tertiary alicyclic amines) is 1. The minimum Gasteiger partial charge on any atom is -0.450 e. The molecule has 5 heteroatoms. The second kappa shape index (κ2) is 7.29. The lowest BCUT2D eigenvalue weighted by Crippen LogP contribution is -2.46. The normalized spacial score (nSPS) is 18.0. The molecule has 0 aliphatic carbocycles. The number of nitrogens with zero attached hydrogens (tertiary/aromatic N) is 2. The lowest BCUT2D eigenvalue weighted by molar-refractivity contribution is -0.123. The molecule has 1 heterocycles. The van der Waals surface area contributed by atoms with Crippen molar-refractivity contribution in [1.29, 1.82) is 0 Å². The highest BCUT2D eigenvalue weighted by Gasteiger charge is 2.31. The van der Waals surface area contributed by atoms with E-state index in [4.69, 9.17) is 4.74 Å². The van der Waals surface area contributed by atoms with E-state index in [0.717, 1.165) is 24.1 Å². The van der Waals surface area contributed by atoms with Crippen molar-refractivity contribution in [2.24, 2.45) is 5.92 Å². The summed E-state index contributed by atoms with van der Waals surface area (Å²) in [6, 6.07) is 7.87. The fraction of sp³-hybridized carbons (Fsp3) is 0.529. The molecule has 0 N–H and O–H groups in total. The van der Waals surface area contributed by atoms with Crippen LogP contribution in [-0.4, -0.2) is 43.6 Å². The summed E-state index contributed by atoms with van der Waals surface area (Å²) in [4.78, 5) is 27.8. The van der Waals surface area contributed by atoms with Gasteiger partial charge in [0.2, 0.25) is 5.91 Å². The smallest absolute Gasteiger partial charge is 0.409 e. The Hall–Kier alpha value is -2.04. The number of ether oxygens (including phenoxy) is 1. The molecule has 120 valence electrons. The molecule has 1 aliphatic heterocycles. The Bertz CT molecular complexity index is 527. The van der Waals surface area contributed by atoms with E-state index in [2.05, 4.69) is 0 Å². The van der Waals surface area contributed by atoms with E-state index in [1.807, 2.05) is 31.2 Å². The lowest BCUT2D eigenvalue weighted by atomic mass is 9.96. The van der Waals surface area contributed by atoms with E-state index in [-0.39, 0.29) is 17.9 Å². The molecule has 1 saturated heterocycles. The van der Waals surface area contributed by atoms with Gasteiger partial charge in [-0.25, -0.2) is 4.79 Å². The Kier molecular flexibility index (Phi) is 5.41. The van der Waals surface area contributed by atoms with E-state index >= 15 is 0 Å². The number of anilines is 1.